The normalized spacial score (nSPS) is 20.5. The van der Waals surface area contributed by atoms with E-state index in [0.29, 0.717) is 55.5 Å². The fourth-order valence-electron chi connectivity index (χ4n) is 4.22. The second-order valence-electron chi connectivity index (χ2n) is 8.29. The summed E-state index contributed by atoms with van der Waals surface area (Å²) in [5.74, 6) is -0.916. The quantitative estimate of drug-likeness (QED) is 0.664. The molecule has 0 saturated carbocycles. The Morgan fingerprint density at radius 2 is 1.79 bits per heavy atom. The maximum absolute atomic E-state index is 13.1. The summed E-state index contributed by atoms with van der Waals surface area (Å²) in [6, 6.07) is 8.91. The number of halogens is 1. The highest BCUT2D eigenvalue weighted by atomic mass is 32.2. The molecule has 0 spiro atoms. The van der Waals surface area contributed by atoms with Crippen molar-refractivity contribution in [2.75, 3.05) is 51.1 Å². The maximum atomic E-state index is 13.1. The Morgan fingerprint density at radius 3 is 2.45 bits per heavy atom. The minimum absolute atomic E-state index is 0.0171. The molecular weight excluding hydrogens is 467 g/mol. The van der Waals surface area contributed by atoms with Gasteiger partial charge in [0.15, 0.2) is 0 Å². The molecule has 2 saturated heterocycles. The average Bonchev–Trinajstić information content (AvgIpc) is 3.37. The van der Waals surface area contributed by atoms with Crippen molar-refractivity contribution in [3.05, 3.63) is 47.6 Å². The molecule has 178 valence electrons. The van der Waals surface area contributed by atoms with Crippen LogP contribution in [-0.4, -0.2) is 80.2 Å². The van der Waals surface area contributed by atoms with Crippen LogP contribution in [0.5, 0.6) is 0 Å². The zero-order chi connectivity index (χ0) is 23.4. The van der Waals surface area contributed by atoms with Gasteiger partial charge >= 0.3 is 0 Å². The van der Waals surface area contributed by atoms with Gasteiger partial charge in [-0.3, -0.25) is 14.5 Å². The van der Waals surface area contributed by atoms with Crippen molar-refractivity contribution in [2.45, 2.75) is 17.1 Å². The molecule has 2 aromatic rings. The number of carbonyl (C=O) groups is 2. The van der Waals surface area contributed by atoms with Gasteiger partial charge in [0, 0.05) is 45.0 Å². The number of piperidine rings is 1. The molecule has 8 nitrogen and oxygen atoms in total. The number of anilines is 1. The van der Waals surface area contributed by atoms with Gasteiger partial charge < -0.3 is 10.2 Å². The van der Waals surface area contributed by atoms with Crippen LogP contribution in [0.3, 0.4) is 0 Å². The predicted molar refractivity (Wildman–Crippen MR) is 124 cm³/mol. The van der Waals surface area contributed by atoms with Gasteiger partial charge in [0.1, 0.15) is 10.0 Å². The molecular formula is C22H27FN4O4S2. The Kier molecular flexibility index (Phi) is 7.42. The van der Waals surface area contributed by atoms with Crippen molar-refractivity contribution in [3.63, 3.8) is 0 Å². The lowest BCUT2D eigenvalue weighted by molar-refractivity contribution is -0.138. The summed E-state index contributed by atoms with van der Waals surface area (Å²) in [6.07, 6.45) is 1.33. The number of hydrogen-bond acceptors (Lipinski definition) is 6. The summed E-state index contributed by atoms with van der Waals surface area (Å²) < 4.78 is 40.4. The van der Waals surface area contributed by atoms with Gasteiger partial charge in [0.05, 0.1) is 12.5 Å². The van der Waals surface area contributed by atoms with Crippen molar-refractivity contribution in [2.24, 2.45) is 5.92 Å². The summed E-state index contributed by atoms with van der Waals surface area (Å²) in [4.78, 5) is 29.1. The van der Waals surface area contributed by atoms with E-state index in [0.717, 1.165) is 0 Å². The molecule has 0 aliphatic carbocycles. The van der Waals surface area contributed by atoms with Gasteiger partial charge in [0.2, 0.25) is 11.8 Å². The molecule has 0 bridgehead atoms. The van der Waals surface area contributed by atoms with Crippen molar-refractivity contribution < 1.29 is 22.4 Å². The van der Waals surface area contributed by atoms with Crippen LogP contribution in [0.15, 0.2) is 46.0 Å². The molecule has 3 heterocycles. The number of thiophene rings is 1. The second-order valence-corrected chi connectivity index (χ2v) is 11.4. The van der Waals surface area contributed by atoms with Crippen LogP contribution in [0, 0.1) is 11.7 Å². The zero-order valence-corrected chi connectivity index (χ0v) is 19.8. The van der Waals surface area contributed by atoms with Gasteiger partial charge in [-0.1, -0.05) is 6.07 Å². The molecule has 1 N–H and O–H groups in total. The molecule has 1 atom stereocenters. The van der Waals surface area contributed by atoms with E-state index in [9.17, 15) is 22.4 Å². The topological polar surface area (TPSA) is 90.0 Å². The molecule has 2 amide bonds. The first-order valence-corrected chi connectivity index (χ1v) is 13.2. The third kappa shape index (κ3) is 5.78. The molecule has 1 aromatic heterocycles. The smallest absolute Gasteiger partial charge is 0.252 e. The number of sulfonamides is 1. The second kappa shape index (κ2) is 10.3. The number of hydrogen-bond donors (Lipinski definition) is 1. The Hall–Kier alpha value is -2.34. The monoisotopic (exact) mass is 494 g/mol. The molecule has 2 aliphatic rings. The minimum atomic E-state index is -3.56. The first kappa shape index (κ1) is 23.8. The molecule has 2 fully saturated rings. The Labute approximate surface area is 197 Å². The maximum Gasteiger partial charge on any atom is 0.252 e. The minimum Gasteiger partial charge on any atom is -0.340 e. The summed E-state index contributed by atoms with van der Waals surface area (Å²) in [5.41, 5.74) is 0.537. The van der Waals surface area contributed by atoms with E-state index >= 15 is 0 Å². The number of benzene rings is 1. The van der Waals surface area contributed by atoms with Crippen molar-refractivity contribution in [1.29, 1.82) is 0 Å². The van der Waals surface area contributed by atoms with Crippen molar-refractivity contribution >= 4 is 38.9 Å². The highest BCUT2D eigenvalue weighted by molar-refractivity contribution is 7.91. The van der Waals surface area contributed by atoms with Crippen molar-refractivity contribution in [3.8, 4) is 0 Å². The van der Waals surface area contributed by atoms with E-state index in [4.69, 9.17) is 0 Å². The predicted octanol–water partition coefficient (Wildman–Crippen LogP) is 2.07. The number of rotatable bonds is 6. The van der Waals surface area contributed by atoms with Crippen molar-refractivity contribution in [1.82, 2.24) is 14.1 Å². The van der Waals surface area contributed by atoms with Gasteiger partial charge in [0.25, 0.3) is 10.0 Å². The van der Waals surface area contributed by atoms with Gasteiger partial charge in [-0.05, 0) is 48.6 Å². The SMILES string of the molecule is O=C(CN1CCN(C(=O)C2CCCN(S(=O)(=O)c3cccs3)C2)CC1)Nc1ccc(F)cc1. The zero-order valence-electron chi connectivity index (χ0n) is 18.2. The lowest BCUT2D eigenvalue weighted by atomic mass is 9.98. The van der Waals surface area contributed by atoms with E-state index < -0.39 is 10.0 Å². The van der Waals surface area contributed by atoms with E-state index in [2.05, 4.69) is 5.32 Å². The molecule has 1 unspecified atom stereocenters. The first-order chi connectivity index (χ1) is 15.8. The van der Waals surface area contributed by atoms with Crippen LogP contribution in [0.1, 0.15) is 12.8 Å². The number of nitrogens with zero attached hydrogens (tertiary/aromatic N) is 3. The largest absolute Gasteiger partial charge is 0.340 e. The molecule has 11 heteroatoms. The van der Waals surface area contributed by atoms with Crippen LogP contribution in [0.4, 0.5) is 10.1 Å². The summed E-state index contributed by atoms with van der Waals surface area (Å²) in [5, 5.41) is 4.48. The number of amides is 2. The highest BCUT2D eigenvalue weighted by Gasteiger charge is 2.36. The van der Waals surface area contributed by atoms with Gasteiger partial charge in [-0.15, -0.1) is 11.3 Å². The number of carbonyl (C=O) groups excluding carboxylic acids is 2. The van der Waals surface area contributed by atoms with Crippen LogP contribution in [0.25, 0.3) is 0 Å². The fraction of sp³-hybridized carbons (Fsp3) is 0.455. The number of piperazine rings is 1. The third-order valence-electron chi connectivity index (χ3n) is 6.00. The first-order valence-electron chi connectivity index (χ1n) is 10.9. The summed E-state index contributed by atoms with van der Waals surface area (Å²) in [6.45, 7) is 2.95. The Bertz CT molecular complexity index is 1070. The van der Waals surface area contributed by atoms with Gasteiger partial charge in [-0.2, -0.15) is 4.31 Å². The van der Waals surface area contributed by atoms with Crippen LogP contribution < -0.4 is 5.32 Å². The average molecular weight is 495 g/mol. The van der Waals surface area contributed by atoms with E-state index in [1.165, 1.54) is 39.9 Å². The van der Waals surface area contributed by atoms with Crippen LogP contribution >= 0.6 is 11.3 Å². The van der Waals surface area contributed by atoms with E-state index in [-0.39, 0.29) is 36.6 Å². The molecule has 33 heavy (non-hydrogen) atoms. The van der Waals surface area contributed by atoms with Gasteiger partial charge in [-0.25, -0.2) is 12.8 Å². The standard InChI is InChI=1S/C22H27FN4O4S2/c23-18-5-7-19(8-6-18)24-20(28)16-25-10-12-26(13-11-25)22(29)17-3-1-9-27(15-17)33(30,31)21-4-2-14-32-21/h2,4-8,14,17H,1,3,9-13,15-16H2,(H,24,28). The number of nitrogens with one attached hydrogen (secondary N) is 1. The third-order valence-corrected chi connectivity index (χ3v) is 9.24. The lowest BCUT2D eigenvalue weighted by Crippen LogP contribution is -2.53. The lowest BCUT2D eigenvalue weighted by Gasteiger charge is -2.38. The molecule has 1 aromatic carbocycles. The molecule has 0 radical (unpaired) electrons. The summed E-state index contributed by atoms with van der Waals surface area (Å²) >= 11 is 1.19. The van der Waals surface area contributed by atoms with E-state index in [1.807, 2.05) is 4.90 Å². The van der Waals surface area contributed by atoms with Crippen LogP contribution in [-0.2, 0) is 19.6 Å². The molecule has 4 rings (SSSR count). The fourth-order valence-corrected chi connectivity index (χ4v) is 6.89. The van der Waals surface area contributed by atoms with E-state index in [1.54, 1.807) is 22.4 Å². The van der Waals surface area contributed by atoms with Crippen LogP contribution in [0.2, 0.25) is 0 Å². The Balaban J connectivity index is 1.26. The molecule has 2 aliphatic heterocycles. The summed E-state index contributed by atoms with van der Waals surface area (Å²) in [7, 11) is -3.56. The Morgan fingerprint density at radius 1 is 1.06 bits per heavy atom. The highest BCUT2D eigenvalue weighted by Crippen LogP contribution is 2.27.